The molecule has 0 saturated heterocycles. The highest BCUT2D eigenvalue weighted by atomic mass is 79.9. The molecule has 0 atom stereocenters. The van der Waals surface area contributed by atoms with E-state index in [2.05, 4.69) is 26.1 Å². The molecule has 0 aromatic carbocycles. The van der Waals surface area contributed by atoms with Crippen LogP contribution in [0.3, 0.4) is 0 Å². The van der Waals surface area contributed by atoms with Crippen molar-refractivity contribution in [3.05, 3.63) is 22.8 Å². The Labute approximate surface area is 96.3 Å². The number of rotatable bonds is 2. The molecule has 2 heterocycles. The second kappa shape index (κ2) is 4.07. The van der Waals surface area contributed by atoms with E-state index in [1.807, 2.05) is 6.08 Å². The number of hydrogen-bond acceptors (Lipinski definition) is 3. The number of halogens is 1. The van der Waals surface area contributed by atoms with Crippen LogP contribution in [-0.2, 0) is 10.0 Å². The summed E-state index contributed by atoms with van der Waals surface area (Å²) in [5.74, 6) is 0. The van der Waals surface area contributed by atoms with Crippen LogP contribution >= 0.6 is 15.9 Å². The topological polar surface area (TPSA) is 66.1 Å². The lowest BCUT2D eigenvalue weighted by atomic mass is 10.3. The molecular formula is C8H10BrN3O2S. The van der Waals surface area contributed by atoms with Gasteiger partial charge in [0, 0.05) is 17.6 Å². The van der Waals surface area contributed by atoms with E-state index in [9.17, 15) is 8.42 Å². The van der Waals surface area contributed by atoms with Crippen LogP contribution in [0.15, 0.2) is 27.8 Å². The van der Waals surface area contributed by atoms with Gasteiger partial charge >= 0.3 is 0 Å². The van der Waals surface area contributed by atoms with Crippen molar-refractivity contribution in [3.63, 3.8) is 0 Å². The van der Waals surface area contributed by atoms with Gasteiger partial charge in [-0.15, -0.1) is 0 Å². The van der Waals surface area contributed by atoms with E-state index in [4.69, 9.17) is 0 Å². The number of sulfonamides is 1. The molecule has 1 aliphatic rings. The highest BCUT2D eigenvalue weighted by Gasteiger charge is 2.27. The molecule has 0 amide bonds. The highest BCUT2D eigenvalue weighted by Crippen LogP contribution is 2.21. The molecule has 0 fully saturated rings. The fourth-order valence-electron chi connectivity index (χ4n) is 1.41. The second-order valence-electron chi connectivity index (χ2n) is 3.20. The van der Waals surface area contributed by atoms with Gasteiger partial charge in [0.25, 0.3) is 10.0 Å². The summed E-state index contributed by atoms with van der Waals surface area (Å²) in [7, 11) is -3.41. The molecule has 1 aliphatic heterocycles. The zero-order chi connectivity index (χ0) is 10.9. The lowest BCUT2D eigenvalue weighted by Crippen LogP contribution is -2.35. The van der Waals surface area contributed by atoms with Crippen LogP contribution in [0.5, 0.6) is 0 Å². The summed E-state index contributed by atoms with van der Waals surface area (Å²) >= 11 is 3.31. The van der Waals surface area contributed by atoms with E-state index >= 15 is 0 Å². The molecule has 5 nitrogen and oxygen atoms in total. The Morgan fingerprint density at radius 1 is 1.53 bits per heavy atom. The average molecular weight is 292 g/mol. The Kier molecular flexibility index (Phi) is 2.94. The van der Waals surface area contributed by atoms with E-state index < -0.39 is 10.0 Å². The third-order valence-corrected chi connectivity index (χ3v) is 4.51. The largest absolute Gasteiger partial charge is 0.266 e. The number of nitrogens with one attached hydrogen (secondary N) is 1. The van der Waals surface area contributed by atoms with Gasteiger partial charge < -0.3 is 0 Å². The van der Waals surface area contributed by atoms with E-state index in [0.717, 1.165) is 10.9 Å². The standard InChI is InChI=1S/C8H10BrN3O2S/c9-7-2-1-5-12(6-7)15(13,14)8-3-4-10-11-8/h2-4H,1,5-6H2,(H,10,11). The van der Waals surface area contributed by atoms with E-state index in [-0.39, 0.29) is 5.03 Å². The SMILES string of the molecule is O=S(=O)(c1ccn[nH]1)N1CCC=C(Br)C1. The molecule has 1 aromatic rings. The molecule has 0 aliphatic carbocycles. The maximum Gasteiger partial charge on any atom is 0.260 e. The van der Waals surface area contributed by atoms with Gasteiger partial charge in [0.1, 0.15) is 0 Å². The van der Waals surface area contributed by atoms with Crippen LogP contribution in [0.1, 0.15) is 6.42 Å². The summed E-state index contributed by atoms with van der Waals surface area (Å²) in [6.07, 6.45) is 4.15. The minimum atomic E-state index is -3.41. The maximum absolute atomic E-state index is 12.0. The zero-order valence-electron chi connectivity index (χ0n) is 7.85. The van der Waals surface area contributed by atoms with Crippen LogP contribution < -0.4 is 0 Å². The van der Waals surface area contributed by atoms with Gasteiger partial charge in [0.05, 0.1) is 6.20 Å². The van der Waals surface area contributed by atoms with E-state index in [1.54, 1.807) is 0 Å². The van der Waals surface area contributed by atoms with E-state index in [1.165, 1.54) is 16.6 Å². The molecule has 0 unspecified atom stereocenters. The molecule has 1 N–H and O–H groups in total. The van der Waals surface area contributed by atoms with Crippen molar-refractivity contribution in [1.29, 1.82) is 0 Å². The molecule has 15 heavy (non-hydrogen) atoms. The summed E-state index contributed by atoms with van der Waals surface area (Å²) in [6.45, 7) is 0.901. The summed E-state index contributed by atoms with van der Waals surface area (Å²) in [4.78, 5) is 0. The van der Waals surface area contributed by atoms with Crippen LogP contribution in [0, 0.1) is 0 Å². The van der Waals surface area contributed by atoms with Gasteiger partial charge in [-0.25, -0.2) is 8.42 Å². The average Bonchev–Trinajstić information content (AvgIpc) is 2.71. The lowest BCUT2D eigenvalue weighted by molar-refractivity contribution is 0.433. The summed E-state index contributed by atoms with van der Waals surface area (Å²) in [5, 5.41) is 6.26. The molecule has 0 saturated carbocycles. The Morgan fingerprint density at radius 2 is 2.33 bits per heavy atom. The zero-order valence-corrected chi connectivity index (χ0v) is 10.3. The lowest BCUT2D eigenvalue weighted by Gasteiger charge is -2.23. The first kappa shape index (κ1) is 10.8. The summed E-state index contributed by atoms with van der Waals surface area (Å²) in [5.41, 5.74) is 0. The normalized spacial score (nSPS) is 18.9. The van der Waals surface area contributed by atoms with Crippen molar-refractivity contribution in [2.45, 2.75) is 11.4 Å². The van der Waals surface area contributed by atoms with Gasteiger partial charge in [-0.05, 0) is 12.5 Å². The number of aromatic nitrogens is 2. The van der Waals surface area contributed by atoms with Gasteiger partial charge in [-0.2, -0.15) is 9.40 Å². The molecule has 1 aromatic heterocycles. The Morgan fingerprint density at radius 3 is 2.93 bits per heavy atom. The number of hydrogen-bond donors (Lipinski definition) is 1. The second-order valence-corrected chi connectivity index (χ2v) is 6.12. The third-order valence-electron chi connectivity index (χ3n) is 2.16. The van der Waals surface area contributed by atoms with Crippen molar-refractivity contribution < 1.29 is 8.42 Å². The van der Waals surface area contributed by atoms with Crippen LogP contribution in [0.2, 0.25) is 0 Å². The van der Waals surface area contributed by atoms with Crippen molar-refractivity contribution >= 4 is 26.0 Å². The fraction of sp³-hybridized carbons (Fsp3) is 0.375. The van der Waals surface area contributed by atoms with Gasteiger partial charge in [-0.3, -0.25) is 5.10 Å². The molecule has 7 heteroatoms. The Balaban J connectivity index is 2.28. The van der Waals surface area contributed by atoms with Crippen molar-refractivity contribution in [2.75, 3.05) is 13.1 Å². The molecule has 0 spiro atoms. The van der Waals surface area contributed by atoms with Crippen LogP contribution in [0.25, 0.3) is 0 Å². The summed E-state index contributed by atoms with van der Waals surface area (Å²) in [6, 6.07) is 1.46. The third kappa shape index (κ3) is 2.14. The number of aromatic amines is 1. The van der Waals surface area contributed by atoms with Gasteiger partial charge in [0.15, 0.2) is 5.03 Å². The van der Waals surface area contributed by atoms with Gasteiger partial charge in [-0.1, -0.05) is 22.0 Å². The first-order valence-corrected chi connectivity index (χ1v) is 6.68. The van der Waals surface area contributed by atoms with Crippen molar-refractivity contribution in [3.8, 4) is 0 Å². The molecule has 2 rings (SSSR count). The predicted octanol–water partition coefficient (Wildman–Crippen LogP) is 1.08. The fourth-order valence-corrected chi connectivity index (χ4v) is 3.44. The summed E-state index contributed by atoms with van der Waals surface area (Å²) < 4.78 is 26.3. The van der Waals surface area contributed by atoms with Crippen LogP contribution in [0.4, 0.5) is 0 Å². The molecule has 82 valence electrons. The Bertz CT molecular complexity index is 466. The highest BCUT2D eigenvalue weighted by molar-refractivity contribution is 9.11. The molecular weight excluding hydrogens is 282 g/mol. The van der Waals surface area contributed by atoms with Crippen LogP contribution in [-0.4, -0.2) is 36.0 Å². The quantitative estimate of drug-likeness (QED) is 0.887. The molecule has 0 radical (unpaired) electrons. The van der Waals surface area contributed by atoms with E-state index in [0.29, 0.717) is 13.1 Å². The Hall–Kier alpha value is -0.660. The molecule has 0 bridgehead atoms. The van der Waals surface area contributed by atoms with Crippen molar-refractivity contribution in [2.24, 2.45) is 0 Å². The van der Waals surface area contributed by atoms with Crippen molar-refractivity contribution in [1.82, 2.24) is 14.5 Å². The van der Waals surface area contributed by atoms with Gasteiger partial charge in [0.2, 0.25) is 0 Å². The maximum atomic E-state index is 12.0. The number of nitrogens with zero attached hydrogens (tertiary/aromatic N) is 2. The first-order chi connectivity index (χ1) is 7.10. The number of H-pyrrole nitrogens is 1. The monoisotopic (exact) mass is 291 g/mol. The smallest absolute Gasteiger partial charge is 0.260 e. The predicted molar refractivity (Wildman–Crippen MR) is 59.0 cm³/mol. The minimum Gasteiger partial charge on any atom is -0.266 e. The minimum absolute atomic E-state index is 0.143. The first-order valence-electron chi connectivity index (χ1n) is 4.45.